The summed E-state index contributed by atoms with van der Waals surface area (Å²) in [4.78, 5) is 9.83. The van der Waals surface area contributed by atoms with Gasteiger partial charge < -0.3 is 15.4 Å². The van der Waals surface area contributed by atoms with Crippen molar-refractivity contribution in [2.45, 2.75) is 39.3 Å². The van der Waals surface area contributed by atoms with Gasteiger partial charge in [0.05, 0.1) is 19.8 Å². The summed E-state index contributed by atoms with van der Waals surface area (Å²) in [6.07, 6.45) is 2.30. The number of morpholine rings is 1. The first kappa shape index (κ1) is 21.1. The highest BCUT2D eigenvalue weighted by molar-refractivity contribution is 5.79. The molecule has 3 rings (SSSR count). The predicted molar refractivity (Wildman–Crippen MR) is 116 cm³/mol. The van der Waals surface area contributed by atoms with E-state index in [0.29, 0.717) is 6.04 Å². The van der Waals surface area contributed by atoms with E-state index in [0.717, 1.165) is 71.4 Å². The maximum atomic E-state index is 5.44. The number of ether oxygens (including phenoxy) is 1. The molecule has 28 heavy (non-hydrogen) atoms. The number of fused-ring (bicyclic) bond motifs is 1. The lowest BCUT2D eigenvalue weighted by molar-refractivity contribution is 0.0220. The van der Waals surface area contributed by atoms with E-state index < -0.39 is 0 Å². The van der Waals surface area contributed by atoms with Gasteiger partial charge in [-0.2, -0.15) is 0 Å². The van der Waals surface area contributed by atoms with Crippen LogP contribution in [0.15, 0.2) is 29.3 Å². The summed E-state index contributed by atoms with van der Waals surface area (Å²) in [6, 6.07) is 9.30. The van der Waals surface area contributed by atoms with Crippen LogP contribution < -0.4 is 10.6 Å². The zero-order valence-corrected chi connectivity index (χ0v) is 17.6. The second-order valence-electron chi connectivity index (χ2n) is 7.79. The number of aliphatic imine (C=N–C) groups is 1. The highest BCUT2D eigenvalue weighted by Gasteiger charge is 2.17. The third kappa shape index (κ3) is 6.47. The lowest BCUT2D eigenvalue weighted by atomic mass is 10.00. The highest BCUT2D eigenvalue weighted by Crippen LogP contribution is 2.18. The molecule has 0 bridgehead atoms. The summed E-state index contributed by atoms with van der Waals surface area (Å²) < 4.78 is 5.44. The summed E-state index contributed by atoms with van der Waals surface area (Å²) in [7, 11) is 0. The van der Waals surface area contributed by atoms with Gasteiger partial charge in [-0.15, -0.1) is 0 Å². The molecule has 1 saturated heterocycles. The fourth-order valence-electron chi connectivity index (χ4n) is 3.95. The van der Waals surface area contributed by atoms with Crippen LogP contribution in [-0.2, 0) is 17.7 Å². The molecule has 0 saturated carbocycles. The lowest BCUT2D eigenvalue weighted by Gasteiger charge is -2.31. The first-order valence-corrected chi connectivity index (χ1v) is 10.9. The van der Waals surface area contributed by atoms with E-state index in [4.69, 9.17) is 9.73 Å². The van der Waals surface area contributed by atoms with Crippen molar-refractivity contribution in [1.29, 1.82) is 0 Å². The van der Waals surface area contributed by atoms with E-state index in [2.05, 4.69) is 58.5 Å². The molecule has 0 amide bonds. The predicted octanol–water partition coefficient (Wildman–Crippen LogP) is 1.71. The molecule has 0 spiro atoms. The molecular formula is C22H37N5O. The van der Waals surface area contributed by atoms with Crippen LogP contribution in [0.3, 0.4) is 0 Å². The largest absolute Gasteiger partial charge is 0.379 e. The van der Waals surface area contributed by atoms with Crippen molar-refractivity contribution in [3.8, 4) is 0 Å². The highest BCUT2D eigenvalue weighted by atomic mass is 16.5. The quantitative estimate of drug-likeness (QED) is 0.404. The minimum absolute atomic E-state index is 0.452. The molecular weight excluding hydrogens is 350 g/mol. The van der Waals surface area contributed by atoms with Gasteiger partial charge in [0.1, 0.15) is 0 Å². The molecule has 6 heteroatoms. The van der Waals surface area contributed by atoms with Gasteiger partial charge in [0.25, 0.3) is 0 Å². The van der Waals surface area contributed by atoms with Crippen LogP contribution in [0.2, 0.25) is 0 Å². The monoisotopic (exact) mass is 387 g/mol. The minimum atomic E-state index is 0.452. The molecule has 0 aromatic heterocycles. The van der Waals surface area contributed by atoms with E-state index in [1.165, 1.54) is 24.1 Å². The van der Waals surface area contributed by atoms with E-state index in [1.54, 1.807) is 0 Å². The van der Waals surface area contributed by atoms with Crippen molar-refractivity contribution in [2.24, 2.45) is 4.99 Å². The summed E-state index contributed by atoms with van der Waals surface area (Å²) in [5.74, 6) is 0.937. The average Bonchev–Trinajstić information content (AvgIpc) is 2.75. The van der Waals surface area contributed by atoms with Crippen LogP contribution in [-0.4, -0.2) is 80.8 Å². The SMILES string of the molecule is CCNC(=NCC(C)N1CCOCC1)NCCCN1CCc2ccccc2C1. The Balaban J connectivity index is 1.37. The van der Waals surface area contributed by atoms with Crippen molar-refractivity contribution in [3.05, 3.63) is 35.4 Å². The first-order chi connectivity index (χ1) is 13.8. The summed E-state index contributed by atoms with van der Waals surface area (Å²) in [5.41, 5.74) is 3.02. The molecule has 2 aliphatic rings. The van der Waals surface area contributed by atoms with Gasteiger partial charge in [0, 0.05) is 51.9 Å². The van der Waals surface area contributed by atoms with Gasteiger partial charge in [-0.05, 0) is 37.8 Å². The van der Waals surface area contributed by atoms with E-state index in [1.807, 2.05) is 0 Å². The molecule has 0 aliphatic carbocycles. The van der Waals surface area contributed by atoms with Crippen molar-refractivity contribution in [1.82, 2.24) is 20.4 Å². The molecule has 2 N–H and O–H groups in total. The fraction of sp³-hybridized carbons (Fsp3) is 0.682. The molecule has 2 aliphatic heterocycles. The Morgan fingerprint density at radius 3 is 2.71 bits per heavy atom. The molecule has 0 radical (unpaired) electrons. The smallest absolute Gasteiger partial charge is 0.191 e. The van der Waals surface area contributed by atoms with Gasteiger partial charge in [-0.25, -0.2) is 0 Å². The number of hydrogen-bond donors (Lipinski definition) is 2. The first-order valence-electron chi connectivity index (χ1n) is 10.9. The summed E-state index contributed by atoms with van der Waals surface area (Å²) >= 11 is 0. The van der Waals surface area contributed by atoms with Gasteiger partial charge >= 0.3 is 0 Å². The Hall–Kier alpha value is -1.63. The van der Waals surface area contributed by atoms with Crippen molar-refractivity contribution < 1.29 is 4.74 Å². The number of nitrogens with zero attached hydrogens (tertiary/aromatic N) is 3. The zero-order chi connectivity index (χ0) is 19.6. The van der Waals surface area contributed by atoms with Crippen LogP contribution in [0.5, 0.6) is 0 Å². The normalized spacial score (nSPS) is 19.9. The third-order valence-electron chi connectivity index (χ3n) is 5.68. The van der Waals surface area contributed by atoms with Crippen molar-refractivity contribution in [3.63, 3.8) is 0 Å². The Kier molecular flexibility index (Phi) is 8.58. The Morgan fingerprint density at radius 2 is 1.93 bits per heavy atom. The zero-order valence-electron chi connectivity index (χ0n) is 17.6. The number of guanidine groups is 1. The molecule has 1 atom stereocenters. The molecule has 1 aromatic carbocycles. The molecule has 1 fully saturated rings. The maximum absolute atomic E-state index is 5.44. The fourth-order valence-corrected chi connectivity index (χ4v) is 3.95. The standard InChI is InChI=1S/C22H37N5O/c1-3-23-22(25-17-19(2)27-13-15-28-16-14-27)24-10-6-11-26-12-9-20-7-4-5-8-21(20)18-26/h4-5,7-8,19H,3,6,9-18H2,1-2H3,(H2,23,24,25). The van der Waals surface area contributed by atoms with Crippen LogP contribution in [0.25, 0.3) is 0 Å². The topological polar surface area (TPSA) is 52.1 Å². The summed E-state index contributed by atoms with van der Waals surface area (Å²) in [6.45, 7) is 14.1. The second kappa shape index (κ2) is 11.4. The molecule has 2 heterocycles. The van der Waals surface area contributed by atoms with Crippen molar-refractivity contribution in [2.75, 3.05) is 59.0 Å². The maximum Gasteiger partial charge on any atom is 0.191 e. The van der Waals surface area contributed by atoms with Gasteiger partial charge in [0.2, 0.25) is 0 Å². The van der Waals surface area contributed by atoms with Crippen molar-refractivity contribution >= 4 is 5.96 Å². The molecule has 1 unspecified atom stereocenters. The Bertz CT molecular complexity index is 615. The molecule has 6 nitrogen and oxygen atoms in total. The van der Waals surface area contributed by atoms with Crippen LogP contribution in [0.1, 0.15) is 31.4 Å². The van der Waals surface area contributed by atoms with Crippen LogP contribution in [0, 0.1) is 0 Å². The van der Waals surface area contributed by atoms with Crippen LogP contribution >= 0.6 is 0 Å². The number of benzene rings is 1. The Morgan fingerprint density at radius 1 is 1.14 bits per heavy atom. The van der Waals surface area contributed by atoms with Gasteiger partial charge in [-0.1, -0.05) is 24.3 Å². The van der Waals surface area contributed by atoms with Gasteiger partial charge in [-0.3, -0.25) is 14.8 Å². The van der Waals surface area contributed by atoms with Gasteiger partial charge in [0.15, 0.2) is 5.96 Å². The average molecular weight is 388 g/mol. The Labute approximate surface area is 170 Å². The van der Waals surface area contributed by atoms with Crippen LogP contribution in [0.4, 0.5) is 0 Å². The van der Waals surface area contributed by atoms with E-state index >= 15 is 0 Å². The number of hydrogen-bond acceptors (Lipinski definition) is 4. The number of nitrogens with one attached hydrogen (secondary N) is 2. The molecule has 156 valence electrons. The van der Waals surface area contributed by atoms with E-state index in [-0.39, 0.29) is 0 Å². The number of rotatable bonds is 8. The minimum Gasteiger partial charge on any atom is -0.379 e. The second-order valence-corrected chi connectivity index (χ2v) is 7.79. The van der Waals surface area contributed by atoms with E-state index in [9.17, 15) is 0 Å². The third-order valence-corrected chi connectivity index (χ3v) is 5.68. The molecule has 1 aromatic rings. The lowest BCUT2D eigenvalue weighted by Crippen LogP contribution is -2.44. The summed E-state index contributed by atoms with van der Waals surface area (Å²) in [5, 5.41) is 6.88.